The summed E-state index contributed by atoms with van der Waals surface area (Å²) in [5.74, 6) is -2.66. The molecule has 3 heterocycles. The van der Waals surface area contributed by atoms with Crippen LogP contribution in [0.3, 0.4) is 0 Å². The summed E-state index contributed by atoms with van der Waals surface area (Å²) in [6.45, 7) is 20.9. The molecule has 0 bridgehead atoms. The van der Waals surface area contributed by atoms with Crippen LogP contribution in [0.2, 0.25) is 0 Å². The number of methoxy groups -OCH3 is 1. The van der Waals surface area contributed by atoms with Gasteiger partial charge in [-0.3, -0.25) is 4.79 Å². The lowest BCUT2D eigenvalue weighted by Gasteiger charge is -2.53. The average molecular weight is 806 g/mol. The van der Waals surface area contributed by atoms with E-state index in [4.69, 9.17) is 28.4 Å². The van der Waals surface area contributed by atoms with Crippen molar-refractivity contribution < 1.29 is 58.7 Å². The molecule has 3 rings (SSSR count). The third-order valence-corrected chi connectivity index (χ3v) is 13.0. The van der Waals surface area contributed by atoms with E-state index in [-0.39, 0.29) is 43.9 Å². The van der Waals surface area contributed by atoms with Crippen LogP contribution in [0.25, 0.3) is 0 Å². The molecule has 0 saturated carbocycles. The number of nitrogens with zero attached hydrogens (tertiary/aromatic N) is 1. The maximum absolute atomic E-state index is 14.3. The third-order valence-electron chi connectivity index (χ3n) is 13.0. The molecule has 15 heteroatoms. The fraction of sp³-hybridized carbons (Fsp3) is 0.976. The van der Waals surface area contributed by atoms with E-state index in [0.717, 1.165) is 6.42 Å². The molecule has 0 spiro atoms. The molecular weight excluding hydrogens is 726 g/mol. The summed E-state index contributed by atoms with van der Waals surface area (Å²) in [5.41, 5.74) is -5.95. The van der Waals surface area contributed by atoms with Gasteiger partial charge in [-0.15, -0.1) is 0 Å². The quantitative estimate of drug-likeness (QED) is 0.118. The minimum absolute atomic E-state index is 0.0939. The lowest BCUT2D eigenvalue weighted by Crippen LogP contribution is -2.70. The highest BCUT2D eigenvalue weighted by atomic mass is 16.7. The summed E-state index contributed by atoms with van der Waals surface area (Å²) in [7, 11) is 5.31. The molecular formula is C41H79N3O12. The molecule has 0 radical (unpaired) electrons. The second-order valence-electron chi connectivity index (χ2n) is 18.2. The molecule has 330 valence electrons. The van der Waals surface area contributed by atoms with Gasteiger partial charge >= 0.3 is 5.97 Å². The molecule has 3 saturated heterocycles. The van der Waals surface area contributed by atoms with E-state index in [1.165, 1.54) is 14.0 Å². The average Bonchev–Trinajstić information content (AvgIpc) is 3.12. The summed E-state index contributed by atoms with van der Waals surface area (Å²) in [5, 5.41) is 65.8. The maximum atomic E-state index is 14.3. The van der Waals surface area contributed by atoms with E-state index >= 15 is 0 Å². The van der Waals surface area contributed by atoms with Crippen LogP contribution in [-0.4, -0.2) is 167 Å². The zero-order chi connectivity index (χ0) is 42.6. The summed E-state index contributed by atoms with van der Waals surface area (Å²) >= 11 is 0. The highest BCUT2D eigenvalue weighted by Gasteiger charge is 2.58. The van der Waals surface area contributed by atoms with Crippen molar-refractivity contribution in [3.8, 4) is 0 Å². The standard InChI is InChI=1S/C41H79N3O12/c1-15-17-42-22-41(50)28(8)53-31(20-39(41,10)51-14)55-33-25(5)35(56-37-32(45)29(44(12)13)18-24(4)52-37)38(9,48)19-23(3)21-43-27(7)34(46)40(11,49)30(16-2)54-36(47)26(33)6/h23-35,37,42-43,45-46,48-50H,15-22H2,1-14H3/t23-,24?,25?,26?,27-,28?,29?,30?,31?,32-,33?,34-,35-,37?,38+,39-,40-,41+/m1/s1. The number of rotatable bonds is 11. The molecule has 0 aromatic rings. The van der Waals surface area contributed by atoms with Gasteiger partial charge in [-0.25, -0.2) is 0 Å². The molecule has 18 atom stereocenters. The second kappa shape index (κ2) is 20.0. The van der Waals surface area contributed by atoms with Crippen LogP contribution >= 0.6 is 0 Å². The highest BCUT2D eigenvalue weighted by molar-refractivity contribution is 5.73. The third kappa shape index (κ3) is 11.0. The number of hydrogen-bond donors (Lipinski definition) is 7. The van der Waals surface area contributed by atoms with E-state index in [2.05, 4.69) is 10.6 Å². The number of esters is 1. The fourth-order valence-electron chi connectivity index (χ4n) is 9.21. The molecule has 0 aromatic carbocycles. The van der Waals surface area contributed by atoms with Gasteiger partial charge in [0.2, 0.25) is 0 Å². The Kier molecular flexibility index (Phi) is 17.6. The monoisotopic (exact) mass is 806 g/mol. The van der Waals surface area contributed by atoms with Crippen molar-refractivity contribution in [2.75, 3.05) is 40.8 Å². The fourth-order valence-corrected chi connectivity index (χ4v) is 9.21. The zero-order valence-corrected chi connectivity index (χ0v) is 36.8. The van der Waals surface area contributed by atoms with Crippen molar-refractivity contribution in [1.29, 1.82) is 0 Å². The molecule has 0 aliphatic carbocycles. The van der Waals surface area contributed by atoms with Crippen LogP contribution in [-0.2, 0) is 33.2 Å². The summed E-state index contributed by atoms with van der Waals surface area (Å²) in [6, 6.07) is -0.877. The predicted octanol–water partition coefficient (Wildman–Crippen LogP) is 1.93. The van der Waals surface area contributed by atoms with Crippen LogP contribution in [0.15, 0.2) is 0 Å². The molecule has 15 nitrogen and oxygen atoms in total. The molecule has 7 N–H and O–H groups in total. The van der Waals surface area contributed by atoms with Gasteiger partial charge in [0.05, 0.1) is 35.9 Å². The van der Waals surface area contributed by atoms with Gasteiger partial charge in [0.1, 0.15) is 35.1 Å². The van der Waals surface area contributed by atoms with Gasteiger partial charge in [-0.2, -0.15) is 0 Å². The van der Waals surface area contributed by atoms with Gasteiger partial charge in [-0.1, -0.05) is 27.7 Å². The molecule has 0 aromatic heterocycles. The first-order chi connectivity index (χ1) is 25.9. The Bertz CT molecular complexity index is 1230. The topological polar surface area (TPSA) is 201 Å². The first-order valence-electron chi connectivity index (χ1n) is 20.9. The van der Waals surface area contributed by atoms with Gasteiger partial charge in [0, 0.05) is 38.1 Å². The Morgan fingerprint density at radius 3 is 2.18 bits per heavy atom. The Labute approximate surface area is 336 Å². The van der Waals surface area contributed by atoms with Crippen LogP contribution in [0, 0.1) is 17.8 Å². The summed E-state index contributed by atoms with van der Waals surface area (Å²) in [4.78, 5) is 16.2. The Morgan fingerprint density at radius 1 is 0.964 bits per heavy atom. The number of carbonyl (C=O) groups is 1. The minimum Gasteiger partial charge on any atom is -0.459 e. The van der Waals surface area contributed by atoms with E-state index in [1.807, 2.05) is 53.6 Å². The highest BCUT2D eigenvalue weighted by Crippen LogP contribution is 2.43. The molecule has 0 amide bonds. The first-order valence-corrected chi connectivity index (χ1v) is 20.9. The SMILES string of the molecule is CCCNC[C@]1(O)C(C)OC(OC2C(C)C(=O)OC(CC)[C@@](C)(O)[C@H](O)[C@@H](C)NC[C@H](C)C[C@](C)(O)[C@H](OC3OC(C)CC(N(C)C)[C@H]3O)C2C)C[C@@]1(C)OC. The zero-order valence-electron chi connectivity index (χ0n) is 36.8. The number of carbonyl (C=O) groups excluding carboxylic acids is 1. The van der Waals surface area contributed by atoms with Crippen LogP contribution < -0.4 is 10.6 Å². The number of nitrogens with one attached hydrogen (secondary N) is 2. The van der Waals surface area contributed by atoms with Crippen LogP contribution in [0.1, 0.15) is 108 Å². The number of aliphatic hydroxyl groups is 5. The molecule has 3 aliphatic rings. The number of aliphatic hydroxyl groups excluding tert-OH is 2. The van der Waals surface area contributed by atoms with Crippen molar-refractivity contribution in [2.45, 2.75) is 198 Å². The van der Waals surface area contributed by atoms with Crippen LogP contribution in [0.4, 0.5) is 0 Å². The summed E-state index contributed by atoms with van der Waals surface area (Å²) in [6.07, 6.45) is -6.71. The lowest BCUT2D eigenvalue weighted by atomic mass is 9.75. The molecule has 9 unspecified atom stereocenters. The summed E-state index contributed by atoms with van der Waals surface area (Å²) < 4.78 is 38.3. The largest absolute Gasteiger partial charge is 0.459 e. The van der Waals surface area contributed by atoms with Crippen molar-refractivity contribution in [3.63, 3.8) is 0 Å². The van der Waals surface area contributed by atoms with E-state index in [1.54, 1.807) is 34.6 Å². The molecule has 3 aliphatic heterocycles. The minimum atomic E-state index is -1.81. The molecule has 56 heavy (non-hydrogen) atoms. The van der Waals surface area contributed by atoms with E-state index < -0.39 is 95.5 Å². The van der Waals surface area contributed by atoms with Crippen molar-refractivity contribution >= 4 is 5.97 Å². The predicted molar refractivity (Wildman–Crippen MR) is 212 cm³/mol. The van der Waals surface area contributed by atoms with Gasteiger partial charge < -0.3 is 69.5 Å². The van der Waals surface area contributed by atoms with Crippen LogP contribution in [0.5, 0.6) is 0 Å². The van der Waals surface area contributed by atoms with Gasteiger partial charge in [-0.05, 0) is 107 Å². The van der Waals surface area contributed by atoms with Crippen molar-refractivity contribution in [3.05, 3.63) is 0 Å². The number of ether oxygens (including phenoxy) is 6. The Balaban J connectivity index is 2.16. The molecule has 3 fully saturated rings. The van der Waals surface area contributed by atoms with Gasteiger partial charge in [0.15, 0.2) is 12.6 Å². The Morgan fingerprint density at radius 2 is 1.61 bits per heavy atom. The van der Waals surface area contributed by atoms with E-state index in [9.17, 15) is 30.3 Å². The van der Waals surface area contributed by atoms with E-state index in [0.29, 0.717) is 19.5 Å². The normalized spacial score (nSPS) is 47.9. The second-order valence-corrected chi connectivity index (χ2v) is 18.2. The first kappa shape index (κ1) is 49.3. The maximum Gasteiger partial charge on any atom is 0.311 e. The number of hydrogen-bond acceptors (Lipinski definition) is 15. The Hall–Kier alpha value is -1.05. The number of cyclic esters (lactones) is 1. The number of likely N-dealkylation sites (N-methyl/N-ethyl adjacent to an activating group) is 1. The van der Waals surface area contributed by atoms with Crippen molar-refractivity contribution in [2.24, 2.45) is 17.8 Å². The van der Waals surface area contributed by atoms with Crippen molar-refractivity contribution in [1.82, 2.24) is 15.5 Å². The van der Waals surface area contributed by atoms with Gasteiger partial charge in [0.25, 0.3) is 0 Å². The smallest absolute Gasteiger partial charge is 0.311 e. The lowest BCUT2D eigenvalue weighted by molar-refractivity contribution is -0.336.